The lowest BCUT2D eigenvalue weighted by Crippen LogP contribution is -2.32. The molecule has 5 nitrogen and oxygen atoms in total. The average molecular weight is 283 g/mol. The summed E-state index contributed by atoms with van der Waals surface area (Å²) >= 11 is 1.54. The molecule has 0 saturated carbocycles. The molecule has 1 fully saturated rings. The van der Waals surface area contributed by atoms with Crippen LogP contribution >= 0.6 is 11.5 Å². The predicted octanol–water partition coefficient (Wildman–Crippen LogP) is 1.52. The maximum atomic E-state index is 5.58. The topological polar surface area (TPSA) is 58.3 Å². The highest BCUT2D eigenvalue weighted by atomic mass is 32.1. The molecule has 0 aliphatic carbocycles. The predicted molar refractivity (Wildman–Crippen MR) is 80.9 cm³/mol. The van der Waals surface area contributed by atoms with E-state index in [0.29, 0.717) is 5.92 Å². The van der Waals surface area contributed by atoms with Gasteiger partial charge in [-0.15, -0.1) is 0 Å². The van der Waals surface area contributed by atoms with Gasteiger partial charge in [0, 0.05) is 37.1 Å². The van der Waals surface area contributed by atoms with Crippen LogP contribution in [0.4, 0.5) is 5.13 Å². The Labute approximate surface area is 120 Å². The third-order valence-corrected chi connectivity index (χ3v) is 4.28. The molecule has 108 valence electrons. The van der Waals surface area contributed by atoms with Gasteiger partial charge in [-0.1, -0.05) is 13.8 Å². The van der Waals surface area contributed by atoms with Crippen LogP contribution in [0.15, 0.2) is 0 Å². The zero-order chi connectivity index (χ0) is 13.7. The van der Waals surface area contributed by atoms with Gasteiger partial charge in [0.15, 0.2) is 0 Å². The van der Waals surface area contributed by atoms with Crippen molar-refractivity contribution in [3.63, 3.8) is 0 Å². The average Bonchev–Trinajstić information content (AvgIpc) is 2.77. The lowest BCUT2D eigenvalue weighted by Gasteiger charge is -2.20. The van der Waals surface area contributed by atoms with Crippen LogP contribution in [0, 0.1) is 0 Å². The summed E-state index contributed by atoms with van der Waals surface area (Å²) in [6.45, 7) is 10.6. The second kappa shape index (κ2) is 7.17. The molecule has 1 aliphatic heterocycles. The van der Waals surface area contributed by atoms with Crippen molar-refractivity contribution in [3.8, 4) is 0 Å². The number of rotatable bonds is 5. The van der Waals surface area contributed by atoms with Gasteiger partial charge >= 0.3 is 0 Å². The molecular weight excluding hydrogens is 258 g/mol. The minimum Gasteiger partial charge on any atom is -0.346 e. The molecule has 0 amide bonds. The highest BCUT2D eigenvalue weighted by Gasteiger charge is 2.18. The Balaban J connectivity index is 1.90. The first-order valence-corrected chi connectivity index (χ1v) is 7.99. The van der Waals surface area contributed by atoms with Crippen LogP contribution in [-0.4, -0.2) is 53.5 Å². The van der Waals surface area contributed by atoms with Crippen molar-refractivity contribution in [2.45, 2.75) is 32.6 Å². The molecule has 1 aliphatic rings. The van der Waals surface area contributed by atoms with Gasteiger partial charge in [-0.25, -0.2) is 4.98 Å². The van der Waals surface area contributed by atoms with Crippen LogP contribution in [0.5, 0.6) is 0 Å². The third-order valence-electron chi connectivity index (χ3n) is 3.48. The largest absolute Gasteiger partial charge is 0.346 e. The first-order chi connectivity index (χ1) is 9.20. The lowest BCUT2D eigenvalue weighted by molar-refractivity contribution is 0.291. The maximum Gasteiger partial charge on any atom is 0.205 e. The molecule has 0 unspecified atom stereocenters. The smallest absolute Gasteiger partial charge is 0.205 e. The van der Waals surface area contributed by atoms with Crippen molar-refractivity contribution in [2.75, 3.05) is 44.2 Å². The van der Waals surface area contributed by atoms with E-state index in [-0.39, 0.29) is 0 Å². The molecule has 0 bridgehead atoms. The van der Waals surface area contributed by atoms with Crippen LogP contribution in [0.25, 0.3) is 0 Å². The molecule has 1 aromatic heterocycles. The Morgan fingerprint density at radius 3 is 2.79 bits per heavy atom. The minimum atomic E-state index is 0.415. The fourth-order valence-corrected chi connectivity index (χ4v) is 3.15. The van der Waals surface area contributed by atoms with Crippen LogP contribution < -0.4 is 10.6 Å². The number of aromatic nitrogens is 2. The van der Waals surface area contributed by atoms with Gasteiger partial charge in [0.25, 0.3) is 0 Å². The van der Waals surface area contributed by atoms with Gasteiger partial charge in [0.2, 0.25) is 5.13 Å². The normalized spacial score (nSPS) is 18.0. The number of nitrogens with two attached hydrogens (primary N) is 1. The molecule has 1 saturated heterocycles. The first-order valence-electron chi connectivity index (χ1n) is 7.21. The Kier molecular flexibility index (Phi) is 5.54. The van der Waals surface area contributed by atoms with Crippen molar-refractivity contribution < 1.29 is 0 Å². The van der Waals surface area contributed by atoms with Gasteiger partial charge < -0.3 is 15.5 Å². The van der Waals surface area contributed by atoms with Gasteiger partial charge in [0.05, 0.1) is 0 Å². The standard InChI is InChI=1S/C13H25N5S/c1-11(2)12-15-13(19-16-12)18-8-4-7-17(9-10-18)6-3-5-14/h11H,3-10,14H2,1-2H3. The summed E-state index contributed by atoms with van der Waals surface area (Å²) < 4.78 is 4.45. The maximum absolute atomic E-state index is 5.58. The molecule has 19 heavy (non-hydrogen) atoms. The van der Waals surface area contributed by atoms with Gasteiger partial charge in [0.1, 0.15) is 5.82 Å². The monoisotopic (exact) mass is 283 g/mol. The second-order valence-corrected chi connectivity index (χ2v) is 6.14. The molecule has 0 spiro atoms. The Morgan fingerprint density at radius 2 is 2.11 bits per heavy atom. The summed E-state index contributed by atoms with van der Waals surface area (Å²) in [4.78, 5) is 9.55. The molecular formula is C13H25N5S. The molecule has 1 aromatic rings. The van der Waals surface area contributed by atoms with Crippen LogP contribution in [0.3, 0.4) is 0 Å². The summed E-state index contributed by atoms with van der Waals surface area (Å²) in [5.74, 6) is 1.39. The van der Waals surface area contributed by atoms with E-state index >= 15 is 0 Å². The fourth-order valence-electron chi connectivity index (χ4n) is 2.29. The van der Waals surface area contributed by atoms with Crippen LogP contribution in [0.2, 0.25) is 0 Å². The highest BCUT2D eigenvalue weighted by molar-refractivity contribution is 7.09. The Hall–Kier alpha value is -0.720. The van der Waals surface area contributed by atoms with Crippen molar-refractivity contribution in [3.05, 3.63) is 5.82 Å². The molecule has 2 rings (SSSR count). The summed E-state index contributed by atoms with van der Waals surface area (Å²) in [6, 6.07) is 0. The van der Waals surface area contributed by atoms with E-state index in [4.69, 9.17) is 5.73 Å². The molecule has 0 atom stereocenters. The molecule has 2 heterocycles. The SMILES string of the molecule is CC(C)c1nsc(N2CCCN(CCCN)CC2)n1. The van der Waals surface area contributed by atoms with E-state index in [1.807, 2.05) is 0 Å². The zero-order valence-electron chi connectivity index (χ0n) is 12.0. The highest BCUT2D eigenvalue weighted by Crippen LogP contribution is 2.22. The van der Waals surface area contributed by atoms with Crippen molar-refractivity contribution >= 4 is 16.7 Å². The summed E-state index contributed by atoms with van der Waals surface area (Å²) in [7, 11) is 0. The minimum absolute atomic E-state index is 0.415. The van der Waals surface area contributed by atoms with E-state index in [1.54, 1.807) is 0 Å². The lowest BCUT2D eigenvalue weighted by atomic mass is 10.2. The molecule has 6 heteroatoms. The molecule has 0 aromatic carbocycles. The number of hydrogen-bond acceptors (Lipinski definition) is 6. The van der Waals surface area contributed by atoms with Gasteiger partial charge in [-0.3, -0.25) is 0 Å². The van der Waals surface area contributed by atoms with E-state index in [1.165, 1.54) is 24.5 Å². The molecule has 2 N–H and O–H groups in total. The number of nitrogens with zero attached hydrogens (tertiary/aromatic N) is 4. The Bertz CT molecular complexity index is 379. The van der Waals surface area contributed by atoms with E-state index < -0.39 is 0 Å². The molecule has 0 radical (unpaired) electrons. The van der Waals surface area contributed by atoms with Crippen LogP contribution in [0.1, 0.15) is 38.4 Å². The second-order valence-electron chi connectivity index (χ2n) is 5.41. The Morgan fingerprint density at radius 1 is 1.26 bits per heavy atom. The van der Waals surface area contributed by atoms with E-state index in [9.17, 15) is 0 Å². The van der Waals surface area contributed by atoms with Gasteiger partial charge in [-0.05, 0) is 32.5 Å². The fraction of sp³-hybridized carbons (Fsp3) is 0.846. The van der Waals surface area contributed by atoms with E-state index in [0.717, 1.165) is 50.1 Å². The van der Waals surface area contributed by atoms with Gasteiger partial charge in [-0.2, -0.15) is 4.37 Å². The summed E-state index contributed by atoms with van der Waals surface area (Å²) in [5.41, 5.74) is 5.58. The van der Waals surface area contributed by atoms with E-state index in [2.05, 4.69) is 33.0 Å². The van der Waals surface area contributed by atoms with Crippen LogP contribution in [-0.2, 0) is 0 Å². The third kappa shape index (κ3) is 4.12. The summed E-state index contributed by atoms with van der Waals surface area (Å²) in [5, 5.41) is 1.09. The van der Waals surface area contributed by atoms with Crippen molar-refractivity contribution in [2.24, 2.45) is 5.73 Å². The van der Waals surface area contributed by atoms with Crippen molar-refractivity contribution in [1.29, 1.82) is 0 Å². The quantitative estimate of drug-likeness (QED) is 0.888. The zero-order valence-corrected chi connectivity index (χ0v) is 12.8. The summed E-state index contributed by atoms with van der Waals surface area (Å²) in [6.07, 6.45) is 2.29. The number of anilines is 1. The van der Waals surface area contributed by atoms with Crippen molar-refractivity contribution in [1.82, 2.24) is 14.3 Å². The first kappa shape index (κ1) is 14.7. The number of hydrogen-bond donors (Lipinski definition) is 1.